The first-order valence-corrected chi connectivity index (χ1v) is 7.45. The number of hydrogen-bond donors (Lipinski definition) is 2. The Morgan fingerprint density at radius 2 is 2.20 bits per heavy atom. The predicted molar refractivity (Wildman–Crippen MR) is 82.2 cm³/mol. The van der Waals surface area contributed by atoms with Gasteiger partial charge in [0.1, 0.15) is 0 Å². The van der Waals surface area contributed by atoms with Crippen molar-refractivity contribution in [2.45, 2.75) is 39.5 Å². The Morgan fingerprint density at radius 3 is 2.90 bits per heavy atom. The molecule has 2 rings (SSSR count). The van der Waals surface area contributed by atoms with Gasteiger partial charge in [-0.15, -0.1) is 0 Å². The van der Waals surface area contributed by atoms with E-state index < -0.39 is 0 Å². The SMILES string of the molecule is CCNCc1cc(C)ccc1N1CC(C)OC(CO)C1. The lowest BCUT2D eigenvalue weighted by Gasteiger charge is -2.38. The topological polar surface area (TPSA) is 44.7 Å². The maximum Gasteiger partial charge on any atom is 0.0984 e. The number of aliphatic hydroxyl groups is 1. The van der Waals surface area contributed by atoms with E-state index >= 15 is 0 Å². The molecule has 2 N–H and O–H groups in total. The summed E-state index contributed by atoms with van der Waals surface area (Å²) in [7, 11) is 0. The number of rotatable bonds is 5. The molecule has 0 bridgehead atoms. The number of ether oxygens (including phenoxy) is 1. The molecule has 4 heteroatoms. The summed E-state index contributed by atoms with van der Waals surface area (Å²) >= 11 is 0. The number of hydrogen-bond acceptors (Lipinski definition) is 4. The molecule has 1 aliphatic heterocycles. The summed E-state index contributed by atoms with van der Waals surface area (Å²) < 4.78 is 5.72. The molecular weight excluding hydrogens is 252 g/mol. The van der Waals surface area contributed by atoms with Crippen LogP contribution in [-0.2, 0) is 11.3 Å². The lowest BCUT2D eigenvalue weighted by atomic mass is 10.1. The molecule has 0 aromatic heterocycles. The maximum atomic E-state index is 9.36. The van der Waals surface area contributed by atoms with Crippen LogP contribution in [0, 0.1) is 6.92 Å². The van der Waals surface area contributed by atoms with Gasteiger partial charge in [0.05, 0.1) is 18.8 Å². The lowest BCUT2D eigenvalue weighted by molar-refractivity contribution is -0.0421. The Kier molecular flexibility index (Phi) is 5.40. The van der Waals surface area contributed by atoms with Crippen LogP contribution in [0.25, 0.3) is 0 Å². The van der Waals surface area contributed by atoms with Gasteiger partial charge in [0.25, 0.3) is 0 Å². The molecule has 1 aromatic rings. The van der Waals surface area contributed by atoms with E-state index in [1.54, 1.807) is 0 Å². The van der Waals surface area contributed by atoms with E-state index in [9.17, 15) is 5.11 Å². The summed E-state index contributed by atoms with van der Waals surface area (Å²) in [4.78, 5) is 2.33. The fourth-order valence-electron chi connectivity index (χ4n) is 2.77. The predicted octanol–water partition coefficient (Wildman–Crippen LogP) is 1.69. The van der Waals surface area contributed by atoms with Crippen molar-refractivity contribution in [3.05, 3.63) is 29.3 Å². The van der Waals surface area contributed by atoms with Crippen molar-refractivity contribution < 1.29 is 9.84 Å². The third kappa shape index (κ3) is 3.72. The highest BCUT2D eigenvalue weighted by molar-refractivity contribution is 5.55. The Labute approximate surface area is 121 Å². The van der Waals surface area contributed by atoms with E-state index in [2.05, 4.69) is 49.2 Å². The summed E-state index contributed by atoms with van der Waals surface area (Å²) in [5, 5.41) is 12.8. The van der Waals surface area contributed by atoms with E-state index in [0.29, 0.717) is 0 Å². The molecule has 2 unspecified atom stereocenters. The minimum atomic E-state index is -0.0907. The fourth-order valence-corrected chi connectivity index (χ4v) is 2.77. The summed E-state index contributed by atoms with van der Waals surface area (Å²) in [6.45, 7) is 9.85. The second-order valence-electron chi connectivity index (χ2n) is 5.57. The summed E-state index contributed by atoms with van der Waals surface area (Å²) in [6, 6.07) is 6.58. The average Bonchev–Trinajstić information content (AvgIpc) is 2.44. The standard InChI is InChI=1S/C16H26N2O2/c1-4-17-8-14-7-12(2)5-6-16(14)18-9-13(3)20-15(10-18)11-19/h5-7,13,15,17,19H,4,8-11H2,1-3H3. The van der Waals surface area contributed by atoms with E-state index in [-0.39, 0.29) is 18.8 Å². The van der Waals surface area contributed by atoms with Crippen LogP contribution in [0.15, 0.2) is 18.2 Å². The van der Waals surface area contributed by atoms with Gasteiger partial charge in [-0.2, -0.15) is 0 Å². The summed E-state index contributed by atoms with van der Waals surface area (Å²) in [5.41, 5.74) is 3.85. The molecule has 0 saturated carbocycles. The molecule has 20 heavy (non-hydrogen) atoms. The Balaban J connectivity index is 2.21. The number of nitrogens with zero attached hydrogens (tertiary/aromatic N) is 1. The third-order valence-electron chi connectivity index (χ3n) is 3.67. The third-order valence-corrected chi connectivity index (χ3v) is 3.67. The first kappa shape index (κ1) is 15.3. The molecule has 4 nitrogen and oxygen atoms in total. The molecule has 112 valence electrons. The van der Waals surface area contributed by atoms with E-state index in [0.717, 1.165) is 26.2 Å². The quantitative estimate of drug-likeness (QED) is 0.860. The van der Waals surface area contributed by atoms with Crippen LogP contribution in [0.5, 0.6) is 0 Å². The molecule has 1 heterocycles. The van der Waals surface area contributed by atoms with Crippen molar-refractivity contribution in [2.24, 2.45) is 0 Å². The molecule has 1 aliphatic rings. The zero-order chi connectivity index (χ0) is 14.5. The van der Waals surface area contributed by atoms with Gasteiger partial charge < -0.3 is 20.1 Å². The Morgan fingerprint density at radius 1 is 1.40 bits per heavy atom. The molecule has 0 spiro atoms. The summed E-state index contributed by atoms with van der Waals surface area (Å²) in [5.74, 6) is 0. The Hall–Kier alpha value is -1.10. The number of morpholine rings is 1. The number of aliphatic hydroxyl groups excluding tert-OH is 1. The molecule has 1 saturated heterocycles. The van der Waals surface area contributed by atoms with Gasteiger partial charge >= 0.3 is 0 Å². The molecule has 0 radical (unpaired) electrons. The number of anilines is 1. The van der Waals surface area contributed by atoms with Gasteiger partial charge in [-0.25, -0.2) is 0 Å². The summed E-state index contributed by atoms with van der Waals surface area (Å²) in [6.07, 6.45) is 0.0567. The second-order valence-corrected chi connectivity index (χ2v) is 5.57. The van der Waals surface area contributed by atoms with Crippen molar-refractivity contribution in [3.8, 4) is 0 Å². The van der Waals surface area contributed by atoms with Crippen LogP contribution in [-0.4, -0.2) is 43.6 Å². The van der Waals surface area contributed by atoms with Gasteiger partial charge in [-0.1, -0.05) is 24.6 Å². The smallest absolute Gasteiger partial charge is 0.0984 e. The molecule has 0 amide bonds. The van der Waals surface area contributed by atoms with Crippen molar-refractivity contribution in [1.29, 1.82) is 0 Å². The first-order valence-electron chi connectivity index (χ1n) is 7.45. The van der Waals surface area contributed by atoms with Crippen LogP contribution >= 0.6 is 0 Å². The van der Waals surface area contributed by atoms with E-state index in [1.807, 2.05) is 0 Å². The normalized spacial score (nSPS) is 23.1. The van der Waals surface area contributed by atoms with Crippen LogP contribution in [0.3, 0.4) is 0 Å². The highest BCUT2D eigenvalue weighted by Gasteiger charge is 2.26. The van der Waals surface area contributed by atoms with Crippen molar-refractivity contribution in [3.63, 3.8) is 0 Å². The van der Waals surface area contributed by atoms with Gasteiger partial charge in [-0.05, 0) is 32.0 Å². The minimum Gasteiger partial charge on any atom is -0.394 e. The zero-order valence-electron chi connectivity index (χ0n) is 12.7. The molecule has 1 aromatic carbocycles. The Bertz CT molecular complexity index is 436. The maximum absolute atomic E-state index is 9.36. The van der Waals surface area contributed by atoms with Crippen LogP contribution in [0.4, 0.5) is 5.69 Å². The largest absolute Gasteiger partial charge is 0.394 e. The van der Waals surface area contributed by atoms with Crippen LogP contribution in [0.1, 0.15) is 25.0 Å². The monoisotopic (exact) mass is 278 g/mol. The van der Waals surface area contributed by atoms with Gasteiger partial charge in [-0.3, -0.25) is 0 Å². The average molecular weight is 278 g/mol. The fraction of sp³-hybridized carbons (Fsp3) is 0.625. The highest BCUT2D eigenvalue weighted by Crippen LogP contribution is 2.25. The number of benzene rings is 1. The zero-order valence-corrected chi connectivity index (χ0v) is 12.7. The molecule has 0 aliphatic carbocycles. The highest BCUT2D eigenvalue weighted by atomic mass is 16.5. The van der Waals surface area contributed by atoms with Gasteiger partial charge in [0.15, 0.2) is 0 Å². The van der Waals surface area contributed by atoms with Gasteiger partial charge in [0, 0.05) is 25.3 Å². The van der Waals surface area contributed by atoms with Crippen molar-refractivity contribution in [1.82, 2.24) is 5.32 Å². The van der Waals surface area contributed by atoms with Crippen molar-refractivity contribution >= 4 is 5.69 Å². The van der Waals surface area contributed by atoms with Crippen molar-refractivity contribution in [2.75, 3.05) is 31.1 Å². The second kappa shape index (κ2) is 7.07. The first-order chi connectivity index (χ1) is 9.63. The number of nitrogens with one attached hydrogen (secondary N) is 1. The van der Waals surface area contributed by atoms with E-state index in [4.69, 9.17) is 4.74 Å². The van der Waals surface area contributed by atoms with Crippen LogP contribution < -0.4 is 10.2 Å². The minimum absolute atomic E-state index is 0.0786. The molecule has 2 atom stereocenters. The molecular formula is C16H26N2O2. The molecule has 1 fully saturated rings. The number of aryl methyl sites for hydroxylation is 1. The van der Waals surface area contributed by atoms with Crippen LogP contribution in [0.2, 0.25) is 0 Å². The van der Waals surface area contributed by atoms with Gasteiger partial charge in [0.2, 0.25) is 0 Å². The van der Waals surface area contributed by atoms with E-state index in [1.165, 1.54) is 16.8 Å². The lowest BCUT2D eigenvalue weighted by Crippen LogP contribution is -2.48.